The summed E-state index contributed by atoms with van der Waals surface area (Å²) in [7, 11) is 1.71. The summed E-state index contributed by atoms with van der Waals surface area (Å²) in [6, 6.07) is 0. The second kappa shape index (κ2) is 5.00. The molecule has 0 radical (unpaired) electrons. The average molecular weight is 280 g/mol. The molecule has 1 amide bonds. The molecule has 1 saturated carbocycles. The summed E-state index contributed by atoms with van der Waals surface area (Å²) in [5, 5.41) is 3.99. The minimum Gasteiger partial charge on any atom is -0.383 e. The van der Waals surface area contributed by atoms with Gasteiger partial charge in [-0.15, -0.1) is 0 Å². The van der Waals surface area contributed by atoms with Crippen LogP contribution in [-0.2, 0) is 4.79 Å². The van der Waals surface area contributed by atoms with Gasteiger partial charge in [0.05, 0.1) is 0 Å². The lowest BCUT2D eigenvalue weighted by Crippen LogP contribution is -2.39. The molecule has 2 heterocycles. The van der Waals surface area contributed by atoms with Gasteiger partial charge in [-0.3, -0.25) is 4.79 Å². The van der Waals surface area contributed by atoms with Crippen LogP contribution in [-0.4, -0.2) is 30.4 Å². The molecule has 1 aromatic rings. The maximum absolute atomic E-state index is 11.6. The molecule has 3 rings (SSSR count). The number of nitrogens with two attached hydrogens (primary N) is 1. The first kappa shape index (κ1) is 12.7. The smallest absolute Gasteiger partial charge is 0.222 e. The monoisotopic (exact) mass is 280 g/mol. The van der Waals surface area contributed by atoms with Crippen molar-refractivity contribution < 1.29 is 4.79 Å². The number of anilines is 2. The summed E-state index contributed by atoms with van der Waals surface area (Å²) < 4.78 is 4.32. The molecular formula is C13H20N4OS. The van der Waals surface area contributed by atoms with Crippen molar-refractivity contribution in [3.05, 3.63) is 5.56 Å². The molecule has 5 nitrogen and oxygen atoms in total. The molecule has 6 heteroatoms. The van der Waals surface area contributed by atoms with E-state index in [9.17, 15) is 4.79 Å². The Hall–Kier alpha value is -1.30. The van der Waals surface area contributed by atoms with Crippen molar-refractivity contribution in [2.75, 3.05) is 30.8 Å². The zero-order valence-corrected chi connectivity index (χ0v) is 12.0. The van der Waals surface area contributed by atoms with Crippen LogP contribution in [0.5, 0.6) is 0 Å². The van der Waals surface area contributed by atoms with Crippen LogP contribution in [0.15, 0.2) is 0 Å². The van der Waals surface area contributed by atoms with E-state index < -0.39 is 0 Å². The fourth-order valence-corrected chi connectivity index (χ4v) is 3.78. The molecule has 0 bridgehead atoms. The maximum atomic E-state index is 11.6. The number of nitrogens with zero attached hydrogens (tertiary/aromatic N) is 2. The molecule has 19 heavy (non-hydrogen) atoms. The quantitative estimate of drug-likeness (QED) is 0.881. The number of carbonyl (C=O) groups is 1. The standard InChI is InChI=1S/C13H20N4OS/c1-15-12(18)9-4-6-17(7-5-9)13-10(8-2-3-8)11(14)16-19-13/h8-9H,2-7H2,1H3,(H2,14,16)(H,15,18). The normalized spacial score (nSPS) is 20.6. The van der Waals surface area contributed by atoms with Gasteiger partial charge < -0.3 is 16.0 Å². The SMILES string of the molecule is CNC(=O)C1CCN(c2snc(N)c2C2CC2)CC1. The molecule has 2 aliphatic rings. The molecule has 3 N–H and O–H groups in total. The summed E-state index contributed by atoms with van der Waals surface area (Å²) in [6.45, 7) is 1.86. The molecule has 2 fully saturated rings. The van der Waals surface area contributed by atoms with E-state index in [1.54, 1.807) is 7.05 Å². The van der Waals surface area contributed by atoms with E-state index in [4.69, 9.17) is 5.73 Å². The van der Waals surface area contributed by atoms with Gasteiger partial charge in [0.1, 0.15) is 10.8 Å². The maximum Gasteiger partial charge on any atom is 0.222 e. The number of nitrogens with one attached hydrogen (secondary N) is 1. The van der Waals surface area contributed by atoms with Crippen molar-refractivity contribution in [3.8, 4) is 0 Å². The van der Waals surface area contributed by atoms with Gasteiger partial charge in [-0.05, 0) is 43.1 Å². The number of hydrogen-bond donors (Lipinski definition) is 2. The highest BCUT2D eigenvalue weighted by Crippen LogP contribution is 2.49. The highest BCUT2D eigenvalue weighted by Gasteiger charge is 2.34. The van der Waals surface area contributed by atoms with Crippen LogP contribution in [0.25, 0.3) is 0 Å². The summed E-state index contributed by atoms with van der Waals surface area (Å²) in [5.41, 5.74) is 7.26. The zero-order valence-electron chi connectivity index (χ0n) is 11.2. The number of nitrogen functional groups attached to an aromatic ring is 1. The van der Waals surface area contributed by atoms with E-state index >= 15 is 0 Å². The molecule has 1 aliphatic carbocycles. The lowest BCUT2D eigenvalue weighted by Gasteiger charge is -2.32. The average Bonchev–Trinajstić information content (AvgIpc) is 3.21. The molecule has 1 aliphatic heterocycles. The summed E-state index contributed by atoms with van der Waals surface area (Å²) in [4.78, 5) is 14.0. The van der Waals surface area contributed by atoms with Gasteiger partial charge in [-0.25, -0.2) is 0 Å². The van der Waals surface area contributed by atoms with Gasteiger partial charge >= 0.3 is 0 Å². The second-order valence-electron chi connectivity index (χ2n) is 5.44. The van der Waals surface area contributed by atoms with Gasteiger partial charge in [-0.1, -0.05) is 0 Å². The number of carbonyl (C=O) groups excluding carboxylic acids is 1. The molecule has 0 unspecified atom stereocenters. The highest BCUT2D eigenvalue weighted by molar-refractivity contribution is 7.10. The Morgan fingerprint density at radius 1 is 1.37 bits per heavy atom. The van der Waals surface area contributed by atoms with E-state index in [1.807, 2.05) is 0 Å². The van der Waals surface area contributed by atoms with Crippen molar-refractivity contribution >= 4 is 28.3 Å². The minimum atomic E-state index is 0.163. The number of piperidine rings is 1. The Bertz CT molecular complexity index is 475. The first-order valence-corrected chi connectivity index (χ1v) is 7.69. The van der Waals surface area contributed by atoms with Crippen molar-refractivity contribution in [3.63, 3.8) is 0 Å². The molecular weight excluding hydrogens is 260 g/mol. The number of rotatable bonds is 3. The van der Waals surface area contributed by atoms with Crippen molar-refractivity contribution in [1.29, 1.82) is 0 Å². The first-order valence-electron chi connectivity index (χ1n) is 6.92. The molecule has 0 atom stereocenters. The third kappa shape index (κ3) is 2.41. The van der Waals surface area contributed by atoms with E-state index in [1.165, 1.54) is 34.9 Å². The Kier molecular flexibility index (Phi) is 3.35. The molecule has 0 aromatic carbocycles. The molecule has 1 saturated heterocycles. The van der Waals surface area contributed by atoms with Crippen LogP contribution in [0.3, 0.4) is 0 Å². The third-order valence-electron chi connectivity index (χ3n) is 4.12. The Morgan fingerprint density at radius 3 is 2.63 bits per heavy atom. The topological polar surface area (TPSA) is 71.2 Å². The lowest BCUT2D eigenvalue weighted by atomic mass is 9.96. The van der Waals surface area contributed by atoms with Gasteiger partial charge in [0.2, 0.25) is 5.91 Å². The predicted octanol–water partition coefficient (Wildman–Crippen LogP) is 1.57. The molecule has 0 spiro atoms. The van der Waals surface area contributed by atoms with Crippen molar-refractivity contribution in [2.24, 2.45) is 5.92 Å². The molecule has 104 valence electrons. The van der Waals surface area contributed by atoms with Crippen LogP contribution in [0.1, 0.15) is 37.2 Å². The number of hydrogen-bond acceptors (Lipinski definition) is 5. The highest BCUT2D eigenvalue weighted by atomic mass is 32.1. The van der Waals surface area contributed by atoms with Crippen LogP contribution in [0.2, 0.25) is 0 Å². The van der Waals surface area contributed by atoms with Crippen LogP contribution >= 0.6 is 11.5 Å². The number of aromatic nitrogens is 1. The van der Waals surface area contributed by atoms with Crippen LogP contribution < -0.4 is 16.0 Å². The Labute approximate surface area is 117 Å². The minimum absolute atomic E-state index is 0.163. The van der Waals surface area contributed by atoms with Crippen molar-refractivity contribution in [2.45, 2.75) is 31.6 Å². The number of amides is 1. The van der Waals surface area contributed by atoms with Gasteiger partial charge in [-0.2, -0.15) is 4.37 Å². The van der Waals surface area contributed by atoms with Gasteiger partial charge in [0.15, 0.2) is 0 Å². The summed E-state index contributed by atoms with van der Waals surface area (Å²) >= 11 is 1.52. The fraction of sp³-hybridized carbons (Fsp3) is 0.692. The van der Waals surface area contributed by atoms with Crippen LogP contribution in [0.4, 0.5) is 10.8 Å². The zero-order chi connectivity index (χ0) is 13.4. The van der Waals surface area contributed by atoms with Crippen LogP contribution in [0, 0.1) is 5.92 Å². The summed E-state index contributed by atoms with van der Waals surface area (Å²) in [6.07, 6.45) is 4.32. The summed E-state index contributed by atoms with van der Waals surface area (Å²) in [5.74, 6) is 1.68. The Morgan fingerprint density at radius 2 is 2.05 bits per heavy atom. The largest absolute Gasteiger partial charge is 0.383 e. The van der Waals surface area contributed by atoms with E-state index in [2.05, 4.69) is 14.6 Å². The lowest BCUT2D eigenvalue weighted by molar-refractivity contribution is -0.125. The Balaban J connectivity index is 1.70. The fourth-order valence-electron chi connectivity index (χ4n) is 2.83. The van der Waals surface area contributed by atoms with E-state index in [-0.39, 0.29) is 11.8 Å². The van der Waals surface area contributed by atoms with Crippen molar-refractivity contribution in [1.82, 2.24) is 9.69 Å². The third-order valence-corrected chi connectivity index (χ3v) is 5.06. The second-order valence-corrected chi connectivity index (χ2v) is 6.19. The molecule has 1 aromatic heterocycles. The van der Waals surface area contributed by atoms with E-state index in [0.29, 0.717) is 5.92 Å². The first-order chi connectivity index (χ1) is 9.20. The van der Waals surface area contributed by atoms with Gasteiger partial charge in [0, 0.05) is 31.6 Å². The predicted molar refractivity (Wildman–Crippen MR) is 77.5 cm³/mol. The van der Waals surface area contributed by atoms with E-state index in [0.717, 1.165) is 31.7 Å². The van der Waals surface area contributed by atoms with Gasteiger partial charge in [0.25, 0.3) is 0 Å².